The van der Waals surface area contributed by atoms with Gasteiger partial charge in [0.1, 0.15) is 0 Å². The summed E-state index contributed by atoms with van der Waals surface area (Å²) in [5.41, 5.74) is 0.550. The van der Waals surface area contributed by atoms with E-state index in [0.29, 0.717) is 15.7 Å². The highest BCUT2D eigenvalue weighted by Crippen LogP contribution is 2.33. The molecule has 128 valence electrons. The lowest BCUT2D eigenvalue weighted by molar-refractivity contribution is -0.115. The van der Waals surface area contributed by atoms with Gasteiger partial charge in [-0.2, -0.15) is 0 Å². The molecule has 0 saturated carbocycles. The Morgan fingerprint density at radius 2 is 2.08 bits per heavy atom. The minimum absolute atomic E-state index is 0.137. The van der Waals surface area contributed by atoms with E-state index < -0.39 is 0 Å². The zero-order valence-electron chi connectivity index (χ0n) is 13.0. The molecule has 0 bridgehead atoms. The molecule has 3 rings (SSSR count). The summed E-state index contributed by atoms with van der Waals surface area (Å²) in [6.07, 6.45) is 2.39. The van der Waals surface area contributed by atoms with E-state index in [1.807, 2.05) is 6.92 Å². The van der Waals surface area contributed by atoms with Crippen molar-refractivity contribution in [3.05, 3.63) is 28.2 Å². The number of hydrogen-bond acceptors (Lipinski definition) is 6. The molecule has 24 heavy (non-hydrogen) atoms. The van der Waals surface area contributed by atoms with Crippen LogP contribution in [-0.2, 0) is 4.79 Å². The Labute approximate surface area is 158 Å². The van der Waals surface area contributed by atoms with Gasteiger partial charge in [-0.1, -0.05) is 46.3 Å². The fraction of sp³-hybridized carbons (Fsp3) is 0.400. The summed E-state index contributed by atoms with van der Waals surface area (Å²) >= 11 is 14.9. The highest BCUT2D eigenvalue weighted by molar-refractivity contribution is 8.02. The molecule has 5 nitrogen and oxygen atoms in total. The molecule has 0 aliphatic carbocycles. The van der Waals surface area contributed by atoms with Gasteiger partial charge in [0, 0.05) is 18.1 Å². The maximum atomic E-state index is 12.3. The number of aromatic nitrogens is 2. The van der Waals surface area contributed by atoms with Crippen LogP contribution in [0.2, 0.25) is 10.0 Å². The van der Waals surface area contributed by atoms with Crippen molar-refractivity contribution < 1.29 is 4.79 Å². The monoisotopic (exact) mass is 402 g/mol. The molecule has 1 amide bonds. The molecule has 1 N–H and O–H groups in total. The Morgan fingerprint density at radius 3 is 2.79 bits per heavy atom. The molecule has 0 spiro atoms. The van der Waals surface area contributed by atoms with Crippen LogP contribution in [0.5, 0.6) is 0 Å². The van der Waals surface area contributed by atoms with Gasteiger partial charge in [-0.3, -0.25) is 4.79 Å². The highest BCUT2D eigenvalue weighted by atomic mass is 35.5. The van der Waals surface area contributed by atoms with Crippen LogP contribution in [0.25, 0.3) is 0 Å². The number of hydrogen-bond donors (Lipinski definition) is 1. The topological polar surface area (TPSA) is 58.1 Å². The quantitative estimate of drug-likeness (QED) is 0.742. The molecule has 1 atom stereocenters. The molecule has 1 unspecified atom stereocenters. The van der Waals surface area contributed by atoms with Gasteiger partial charge in [0.2, 0.25) is 11.0 Å². The average molecular weight is 403 g/mol. The fourth-order valence-corrected chi connectivity index (χ4v) is 4.81. The lowest BCUT2D eigenvalue weighted by Gasteiger charge is -2.12. The van der Waals surface area contributed by atoms with Gasteiger partial charge in [0.25, 0.3) is 0 Å². The van der Waals surface area contributed by atoms with E-state index in [1.165, 1.54) is 35.9 Å². The van der Waals surface area contributed by atoms with Crippen molar-refractivity contribution in [2.24, 2.45) is 0 Å². The van der Waals surface area contributed by atoms with Crippen molar-refractivity contribution >= 4 is 63.0 Å². The summed E-state index contributed by atoms with van der Waals surface area (Å²) in [5.74, 6) is -0.137. The van der Waals surface area contributed by atoms with Gasteiger partial charge in [-0.25, -0.2) is 0 Å². The van der Waals surface area contributed by atoms with Crippen LogP contribution in [0.1, 0.15) is 19.8 Å². The molecular weight excluding hydrogens is 387 g/mol. The molecule has 1 aliphatic rings. The summed E-state index contributed by atoms with van der Waals surface area (Å²) in [5, 5.41) is 12.8. The van der Waals surface area contributed by atoms with E-state index >= 15 is 0 Å². The zero-order chi connectivity index (χ0) is 17.1. The molecule has 1 aromatic carbocycles. The summed E-state index contributed by atoms with van der Waals surface area (Å²) in [7, 11) is 0. The Kier molecular flexibility index (Phi) is 5.86. The summed E-state index contributed by atoms with van der Waals surface area (Å²) in [4.78, 5) is 14.6. The normalized spacial score (nSPS) is 15.5. The maximum absolute atomic E-state index is 12.3. The molecular formula is C15H16Cl2N4OS2. The van der Waals surface area contributed by atoms with Gasteiger partial charge in [0.05, 0.1) is 16.0 Å². The largest absolute Gasteiger partial charge is 0.347 e. The minimum atomic E-state index is -0.309. The Hall–Kier alpha value is -1.02. The van der Waals surface area contributed by atoms with Gasteiger partial charge in [0.15, 0.2) is 4.34 Å². The Bertz CT molecular complexity index is 734. The van der Waals surface area contributed by atoms with Crippen molar-refractivity contribution in [2.75, 3.05) is 23.3 Å². The van der Waals surface area contributed by atoms with Crippen molar-refractivity contribution in [1.29, 1.82) is 0 Å². The number of rotatable bonds is 5. The van der Waals surface area contributed by atoms with Gasteiger partial charge in [-0.15, -0.1) is 10.2 Å². The number of halogens is 2. The summed E-state index contributed by atoms with van der Waals surface area (Å²) in [6, 6.07) is 4.98. The Balaban J connectivity index is 1.59. The highest BCUT2D eigenvalue weighted by Gasteiger charge is 2.21. The number of nitrogens with zero attached hydrogens (tertiary/aromatic N) is 3. The third-order valence-corrected chi connectivity index (χ3v) is 6.32. The SMILES string of the molecule is CC(Sc1nnc(N2CCCC2)s1)C(=O)Nc1ccc(Cl)cc1Cl. The van der Waals surface area contributed by atoms with Crippen LogP contribution < -0.4 is 10.2 Å². The molecule has 1 aliphatic heterocycles. The maximum Gasteiger partial charge on any atom is 0.237 e. The summed E-state index contributed by atoms with van der Waals surface area (Å²) in [6.45, 7) is 3.90. The predicted octanol–water partition coefficient (Wildman–Crippen LogP) is 4.56. The molecule has 0 radical (unpaired) electrons. The smallest absolute Gasteiger partial charge is 0.237 e. The number of nitrogens with one attached hydrogen (secondary N) is 1. The second-order valence-corrected chi connectivity index (χ2v) is 8.81. The number of thioether (sulfide) groups is 1. The summed E-state index contributed by atoms with van der Waals surface area (Å²) < 4.78 is 0.793. The van der Waals surface area contributed by atoms with E-state index in [0.717, 1.165) is 22.6 Å². The number of benzene rings is 1. The molecule has 9 heteroatoms. The van der Waals surface area contributed by atoms with Gasteiger partial charge < -0.3 is 10.2 Å². The second kappa shape index (κ2) is 7.91. The third kappa shape index (κ3) is 4.33. The molecule has 2 heterocycles. The molecule has 1 aromatic heterocycles. The molecule has 1 fully saturated rings. The number of anilines is 2. The first-order valence-corrected chi connectivity index (χ1v) is 9.99. The van der Waals surface area contributed by atoms with Gasteiger partial charge >= 0.3 is 0 Å². The molecule has 1 saturated heterocycles. The lowest BCUT2D eigenvalue weighted by Crippen LogP contribution is -2.22. The Morgan fingerprint density at radius 1 is 1.33 bits per heavy atom. The van der Waals surface area contributed by atoms with E-state index in [1.54, 1.807) is 18.2 Å². The first kappa shape index (κ1) is 17.8. The van der Waals surface area contributed by atoms with Crippen LogP contribution >= 0.6 is 46.3 Å². The number of carbonyl (C=O) groups is 1. The van der Waals surface area contributed by atoms with Crippen LogP contribution in [0, 0.1) is 0 Å². The zero-order valence-corrected chi connectivity index (χ0v) is 16.1. The minimum Gasteiger partial charge on any atom is -0.347 e. The van der Waals surface area contributed by atoms with Crippen molar-refractivity contribution in [3.8, 4) is 0 Å². The van der Waals surface area contributed by atoms with E-state index in [2.05, 4.69) is 20.4 Å². The fourth-order valence-electron chi connectivity index (χ4n) is 2.32. The van der Waals surface area contributed by atoms with Crippen LogP contribution in [0.15, 0.2) is 22.5 Å². The lowest BCUT2D eigenvalue weighted by atomic mass is 10.3. The second-order valence-electron chi connectivity index (χ2n) is 5.42. The molecule has 2 aromatic rings. The first-order chi connectivity index (χ1) is 11.5. The van der Waals surface area contributed by atoms with Crippen LogP contribution in [0.3, 0.4) is 0 Å². The standard InChI is InChI=1S/C15H16Cl2N4OS2/c1-9(13(22)18-12-5-4-10(16)8-11(12)17)23-15-20-19-14(24-15)21-6-2-3-7-21/h4-5,8-9H,2-3,6-7H2,1H3,(H,18,22). The van der Waals surface area contributed by atoms with Gasteiger partial charge in [-0.05, 0) is 38.0 Å². The van der Waals surface area contributed by atoms with Crippen molar-refractivity contribution in [1.82, 2.24) is 10.2 Å². The average Bonchev–Trinajstić information content (AvgIpc) is 3.20. The van der Waals surface area contributed by atoms with E-state index in [4.69, 9.17) is 23.2 Å². The van der Waals surface area contributed by atoms with Crippen LogP contribution in [-0.4, -0.2) is 34.4 Å². The predicted molar refractivity (Wildman–Crippen MR) is 102 cm³/mol. The van der Waals surface area contributed by atoms with E-state index in [9.17, 15) is 4.79 Å². The number of carbonyl (C=O) groups excluding carboxylic acids is 1. The number of amides is 1. The van der Waals surface area contributed by atoms with Crippen LogP contribution in [0.4, 0.5) is 10.8 Å². The first-order valence-electron chi connectivity index (χ1n) is 7.54. The third-order valence-electron chi connectivity index (χ3n) is 3.61. The van der Waals surface area contributed by atoms with E-state index in [-0.39, 0.29) is 11.2 Å². The van der Waals surface area contributed by atoms with Crippen molar-refractivity contribution in [3.63, 3.8) is 0 Å². The van der Waals surface area contributed by atoms with Crippen molar-refractivity contribution in [2.45, 2.75) is 29.4 Å².